The minimum absolute atomic E-state index is 0.103. The second-order valence-corrected chi connectivity index (χ2v) is 12.7. The lowest BCUT2D eigenvalue weighted by Crippen LogP contribution is -2.59. The molecule has 0 bridgehead atoms. The minimum atomic E-state index is -4.17. The summed E-state index contributed by atoms with van der Waals surface area (Å²) >= 11 is 6.01. The summed E-state index contributed by atoms with van der Waals surface area (Å²) < 4.78 is 51.3. The Bertz CT molecular complexity index is 1020. The van der Waals surface area contributed by atoms with Crippen LogP contribution in [-0.4, -0.2) is 39.1 Å². The molecule has 1 unspecified atom stereocenters. The van der Waals surface area contributed by atoms with Gasteiger partial charge >= 0.3 is 0 Å². The normalized spacial score (nSPS) is 26.5. The highest BCUT2D eigenvalue weighted by Crippen LogP contribution is 2.43. The molecule has 0 amide bonds. The topological polar surface area (TPSA) is 141 Å². The molecule has 1 aromatic rings. The number of nitrogens with one attached hydrogen (secondary N) is 2. The van der Waals surface area contributed by atoms with E-state index in [0.29, 0.717) is 19.3 Å². The van der Waals surface area contributed by atoms with Crippen molar-refractivity contribution in [3.05, 3.63) is 17.2 Å². The van der Waals surface area contributed by atoms with Crippen molar-refractivity contribution in [2.75, 3.05) is 5.32 Å². The molecule has 2 aliphatic rings. The van der Waals surface area contributed by atoms with Gasteiger partial charge < -0.3 is 5.32 Å². The van der Waals surface area contributed by atoms with Gasteiger partial charge in [-0.3, -0.25) is 0 Å². The summed E-state index contributed by atoms with van der Waals surface area (Å²) in [5.74, 6) is 0.103. The Labute approximate surface area is 176 Å². The summed E-state index contributed by atoms with van der Waals surface area (Å²) in [7, 11) is -8.14. The van der Waals surface area contributed by atoms with Crippen LogP contribution in [0, 0.1) is 5.92 Å². The number of nitrogens with two attached hydrogens (primary N) is 1. The van der Waals surface area contributed by atoms with E-state index in [9.17, 15) is 22.0 Å². The number of hydrogen-bond donors (Lipinski definition) is 3. The largest absolute Gasteiger partial charge is 0.368 e. The number of halogens is 1. The summed E-state index contributed by atoms with van der Waals surface area (Å²) in [6.45, 7) is 7.54. The average Bonchev–Trinajstić information content (AvgIpc) is 2.49. The Morgan fingerprint density at radius 3 is 2.28 bits per heavy atom. The maximum absolute atomic E-state index is 12.7. The molecule has 1 saturated heterocycles. The molecule has 9 nitrogen and oxygen atoms in total. The second-order valence-electron chi connectivity index (χ2n) is 9.07. The Balaban J connectivity index is 1.89. The van der Waals surface area contributed by atoms with E-state index in [0.717, 1.165) is 11.1 Å². The lowest BCUT2D eigenvalue weighted by Gasteiger charge is -2.50. The fourth-order valence-corrected chi connectivity index (χ4v) is 7.14. The van der Waals surface area contributed by atoms with Gasteiger partial charge in [0.1, 0.15) is 9.79 Å². The fraction of sp³-hybridized carbons (Fsp3) is 0.647. The van der Waals surface area contributed by atoms with Gasteiger partial charge in [0.25, 0.3) is 0 Å². The van der Waals surface area contributed by atoms with Crippen LogP contribution in [0.15, 0.2) is 21.9 Å². The number of nitrogens with zero attached hydrogens (tertiary/aromatic N) is 1. The van der Waals surface area contributed by atoms with Gasteiger partial charge in [0.05, 0.1) is 16.9 Å². The molecule has 0 spiro atoms. The predicted molar refractivity (Wildman–Crippen MR) is 109 cm³/mol. The molecule has 1 fully saturated rings. The van der Waals surface area contributed by atoms with Gasteiger partial charge in [0, 0.05) is 11.1 Å². The first-order valence-electron chi connectivity index (χ1n) is 9.16. The van der Waals surface area contributed by atoms with Crippen LogP contribution in [0.5, 0.6) is 0 Å². The van der Waals surface area contributed by atoms with Crippen molar-refractivity contribution in [1.29, 1.82) is 0 Å². The molecule has 29 heavy (non-hydrogen) atoms. The van der Waals surface area contributed by atoms with Gasteiger partial charge in [-0.05, 0) is 65.0 Å². The highest BCUT2D eigenvalue weighted by atomic mass is 35.5. The number of benzene rings is 1. The van der Waals surface area contributed by atoms with Gasteiger partial charge in [-0.2, -0.15) is 4.72 Å². The SMILES string of the molecule is CC1(C)CC(CC2Nc3cc(Cl)c(S(N)(=O)=O)cc3S(=O)(=O)N2)CC(C)(C)N1[O]. The zero-order valence-electron chi connectivity index (χ0n) is 16.7. The summed E-state index contributed by atoms with van der Waals surface area (Å²) in [5.41, 5.74) is -0.914. The van der Waals surface area contributed by atoms with Gasteiger partial charge in [0.2, 0.25) is 20.0 Å². The smallest absolute Gasteiger partial charge is 0.244 e. The number of sulfonamides is 2. The fourth-order valence-electron chi connectivity index (χ4n) is 4.63. The van der Waals surface area contributed by atoms with Crippen LogP contribution in [0.2, 0.25) is 5.02 Å². The van der Waals surface area contributed by atoms with Gasteiger partial charge in [-0.1, -0.05) is 11.6 Å². The molecule has 12 heteroatoms. The number of rotatable bonds is 3. The van der Waals surface area contributed by atoms with Crippen molar-refractivity contribution in [2.24, 2.45) is 11.1 Å². The molecule has 3 rings (SSSR count). The second kappa shape index (κ2) is 7.04. The summed E-state index contributed by atoms with van der Waals surface area (Å²) in [4.78, 5) is -0.674. The van der Waals surface area contributed by atoms with Crippen molar-refractivity contribution in [3.8, 4) is 0 Å². The highest BCUT2D eigenvalue weighted by Gasteiger charge is 2.47. The third kappa shape index (κ3) is 4.41. The number of piperidine rings is 1. The maximum Gasteiger partial charge on any atom is 0.244 e. The Kier molecular flexibility index (Phi) is 5.52. The molecule has 2 heterocycles. The third-order valence-corrected chi connectivity index (χ3v) is 8.39. The van der Waals surface area contributed by atoms with Gasteiger partial charge in [-0.15, -0.1) is 10.3 Å². The van der Waals surface area contributed by atoms with Crippen molar-refractivity contribution < 1.29 is 22.0 Å². The minimum Gasteiger partial charge on any atom is -0.368 e. The van der Waals surface area contributed by atoms with Crippen LogP contribution in [0.1, 0.15) is 47.0 Å². The molecule has 1 atom stereocenters. The number of primary sulfonamides is 1. The van der Waals surface area contributed by atoms with Crippen molar-refractivity contribution >= 4 is 37.3 Å². The number of hydroxylamine groups is 2. The number of fused-ring (bicyclic) bond motifs is 1. The zero-order valence-corrected chi connectivity index (χ0v) is 19.1. The van der Waals surface area contributed by atoms with E-state index in [1.54, 1.807) is 0 Å². The first-order valence-corrected chi connectivity index (χ1v) is 12.6. The van der Waals surface area contributed by atoms with E-state index in [1.165, 1.54) is 6.07 Å². The van der Waals surface area contributed by atoms with Crippen molar-refractivity contribution in [3.63, 3.8) is 0 Å². The van der Waals surface area contributed by atoms with Crippen LogP contribution in [0.4, 0.5) is 5.69 Å². The Hall–Kier alpha value is -0.950. The zero-order chi connectivity index (χ0) is 22.0. The maximum atomic E-state index is 12.7. The summed E-state index contributed by atoms with van der Waals surface area (Å²) in [6.07, 6.45) is 1.10. The average molecular weight is 466 g/mol. The predicted octanol–water partition coefficient (Wildman–Crippen LogP) is 2.02. The van der Waals surface area contributed by atoms with E-state index >= 15 is 0 Å². The lowest BCUT2D eigenvalue weighted by molar-refractivity contribution is -0.294. The number of anilines is 1. The first kappa shape index (κ1) is 22.7. The van der Waals surface area contributed by atoms with E-state index in [2.05, 4.69) is 10.0 Å². The van der Waals surface area contributed by atoms with Crippen LogP contribution in [0.25, 0.3) is 0 Å². The van der Waals surface area contributed by atoms with E-state index in [4.69, 9.17) is 16.7 Å². The van der Waals surface area contributed by atoms with E-state index < -0.39 is 42.2 Å². The first-order chi connectivity index (χ1) is 13.0. The highest BCUT2D eigenvalue weighted by molar-refractivity contribution is 7.90. The molecule has 1 aromatic carbocycles. The molecular weight excluding hydrogens is 440 g/mol. The monoisotopic (exact) mass is 465 g/mol. The summed E-state index contributed by atoms with van der Waals surface area (Å²) in [6, 6.07) is 2.22. The van der Waals surface area contributed by atoms with Crippen LogP contribution in [-0.2, 0) is 25.3 Å². The Morgan fingerprint density at radius 1 is 1.21 bits per heavy atom. The Morgan fingerprint density at radius 2 is 1.76 bits per heavy atom. The van der Waals surface area contributed by atoms with Crippen molar-refractivity contribution in [1.82, 2.24) is 9.79 Å². The molecule has 0 saturated carbocycles. The molecule has 0 aromatic heterocycles. The van der Waals surface area contributed by atoms with Crippen LogP contribution >= 0.6 is 11.6 Å². The molecule has 2 aliphatic heterocycles. The van der Waals surface area contributed by atoms with Crippen molar-refractivity contribution in [2.45, 2.75) is 74.0 Å². The quantitative estimate of drug-likeness (QED) is 0.623. The van der Waals surface area contributed by atoms with Gasteiger partial charge in [0.15, 0.2) is 0 Å². The molecule has 0 aliphatic carbocycles. The van der Waals surface area contributed by atoms with E-state index in [1.807, 2.05) is 27.7 Å². The van der Waals surface area contributed by atoms with Gasteiger partial charge in [-0.25, -0.2) is 22.0 Å². The third-order valence-electron chi connectivity index (χ3n) is 5.50. The number of hydrogen-bond acceptors (Lipinski definition) is 6. The van der Waals surface area contributed by atoms with Crippen LogP contribution < -0.4 is 15.2 Å². The molecule has 163 valence electrons. The van der Waals surface area contributed by atoms with E-state index in [-0.39, 0.29) is 21.5 Å². The molecule has 1 radical (unpaired) electrons. The van der Waals surface area contributed by atoms with Crippen LogP contribution in [0.3, 0.4) is 0 Å². The summed E-state index contributed by atoms with van der Waals surface area (Å²) in [5, 5.41) is 21.7. The molecule has 4 N–H and O–H groups in total. The standard InChI is InChI=1S/C17H26ClN4O5S2/c1-16(2)8-10(9-17(3,4)22(16)23)5-15-20-12-6-11(18)13(28(19,24)25)7-14(12)29(26,27)21-15/h6-7,10,15,20-21H,5,8-9H2,1-4H3,(H2,19,24,25). The lowest BCUT2D eigenvalue weighted by atomic mass is 9.74. The molecular formula is C17H26ClN4O5S2.